The normalized spacial score (nSPS) is 10.5. The van der Waals surface area contributed by atoms with Gasteiger partial charge in [0.1, 0.15) is 0 Å². The van der Waals surface area contributed by atoms with E-state index in [4.69, 9.17) is 0 Å². The Bertz CT molecular complexity index is 201. The Morgan fingerprint density at radius 3 is 1.64 bits per heavy atom. The van der Waals surface area contributed by atoms with Crippen LogP contribution in [-0.4, -0.2) is 20.0 Å². The molecule has 0 fully saturated rings. The molecule has 0 saturated carbocycles. The first kappa shape index (κ1) is 10.6. The highest BCUT2D eigenvalue weighted by molar-refractivity contribution is 7.80. The summed E-state index contributed by atoms with van der Waals surface area (Å²) in [5.41, 5.74) is 0. The molecule has 0 saturated heterocycles. The first-order chi connectivity index (χ1) is 4.61. The van der Waals surface area contributed by atoms with Crippen molar-refractivity contribution in [1.82, 2.24) is 0 Å². The SMILES string of the molecule is C[P+](C)(C)c1ccccc1.[F-]. The highest BCUT2D eigenvalue weighted by atomic mass is 31.2. The van der Waals surface area contributed by atoms with Crippen molar-refractivity contribution in [3.63, 3.8) is 0 Å². The van der Waals surface area contributed by atoms with Crippen LogP contribution < -0.4 is 10.0 Å². The molecule has 62 valence electrons. The Morgan fingerprint density at radius 1 is 0.909 bits per heavy atom. The van der Waals surface area contributed by atoms with Gasteiger partial charge in [0, 0.05) is 7.26 Å². The molecule has 0 aliphatic carbocycles. The molecule has 2 heteroatoms. The Labute approximate surface area is 68.3 Å². The van der Waals surface area contributed by atoms with Crippen LogP contribution in [0.2, 0.25) is 0 Å². The van der Waals surface area contributed by atoms with Crippen LogP contribution in [0.3, 0.4) is 0 Å². The van der Waals surface area contributed by atoms with Crippen LogP contribution in [0.4, 0.5) is 0 Å². The lowest BCUT2D eigenvalue weighted by atomic mass is 10.4. The molecule has 0 aliphatic heterocycles. The molecule has 0 radical (unpaired) electrons. The fourth-order valence-electron chi connectivity index (χ4n) is 0.875. The minimum absolute atomic E-state index is 0. The van der Waals surface area contributed by atoms with Crippen LogP contribution in [0.1, 0.15) is 0 Å². The first-order valence-electron chi connectivity index (χ1n) is 3.48. The fraction of sp³-hybridized carbons (Fsp3) is 0.333. The van der Waals surface area contributed by atoms with E-state index in [1.807, 2.05) is 0 Å². The molecule has 0 heterocycles. The van der Waals surface area contributed by atoms with Crippen molar-refractivity contribution in [1.29, 1.82) is 0 Å². The van der Waals surface area contributed by atoms with Gasteiger partial charge in [0.05, 0.1) is 25.3 Å². The minimum atomic E-state index is -0.768. The summed E-state index contributed by atoms with van der Waals surface area (Å²) in [6.07, 6.45) is 0. The van der Waals surface area contributed by atoms with Crippen molar-refractivity contribution < 1.29 is 4.70 Å². The Morgan fingerprint density at radius 2 is 1.36 bits per heavy atom. The molecule has 1 aromatic rings. The Kier molecular flexibility index (Phi) is 3.68. The lowest BCUT2D eigenvalue weighted by Crippen LogP contribution is -3.00. The Hall–Kier alpha value is -0.420. The van der Waals surface area contributed by atoms with E-state index in [9.17, 15) is 0 Å². The molecule has 0 nitrogen and oxygen atoms in total. The van der Waals surface area contributed by atoms with Gasteiger partial charge in [0.15, 0.2) is 0 Å². The number of hydrogen-bond donors (Lipinski definition) is 0. The zero-order chi connectivity index (χ0) is 7.61. The molecule has 0 N–H and O–H groups in total. The third kappa shape index (κ3) is 2.98. The minimum Gasteiger partial charge on any atom is -1.00 e. The number of benzene rings is 1. The summed E-state index contributed by atoms with van der Waals surface area (Å²) in [5, 5.41) is 1.51. The molecule has 0 spiro atoms. The van der Waals surface area contributed by atoms with Gasteiger partial charge in [0.25, 0.3) is 0 Å². The second-order valence-corrected chi connectivity index (χ2v) is 7.89. The lowest BCUT2D eigenvalue weighted by molar-refractivity contribution is -0.00000228. The van der Waals surface area contributed by atoms with Crippen molar-refractivity contribution in [2.45, 2.75) is 0 Å². The van der Waals surface area contributed by atoms with E-state index >= 15 is 0 Å². The molecular weight excluding hydrogens is 158 g/mol. The van der Waals surface area contributed by atoms with E-state index in [0.29, 0.717) is 0 Å². The number of hydrogen-bond acceptors (Lipinski definition) is 0. The zero-order valence-electron chi connectivity index (χ0n) is 7.21. The van der Waals surface area contributed by atoms with Gasteiger partial charge in [-0.25, -0.2) is 0 Å². The standard InChI is InChI=1S/C9H14P.FH/c1-10(2,3)9-7-5-4-6-8-9;/h4-8H,1-3H3;1H/q+1;/p-1. The second-order valence-electron chi connectivity index (χ2n) is 3.35. The van der Waals surface area contributed by atoms with Crippen molar-refractivity contribution in [2.24, 2.45) is 0 Å². The van der Waals surface area contributed by atoms with Crippen LogP contribution >= 0.6 is 7.26 Å². The van der Waals surface area contributed by atoms with Crippen LogP contribution in [0.5, 0.6) is 0 Å². The summed E-state index contributed by atoms with van der Waals surface area (Å²) >= 11 is 0. The fourth-order valence-corrected chi connectivity index (χ4v) is 1.94. The van der Waals surface area contributed by atoms with Crippen molar-refractivity contribution >= 4 is 12.6 Å². The second kappa shape index (κ2) is 3.82. The van der Waals surface area contributed by atoms with E-state index in [1.165, 1.54) is 5.30 Å². The zero-order valence-corrected chi connectivity index (χ0v) is 8.11. The molecule has 0 aromatic heterocycles. The van der Waals surface area contributed by atoms with Gasteiger partial charge < -0.3 is 4.70 Å². The molecule has 1 rings (SSSR count). The highest BCUT2D eigenvalue weighted by Gasteiger charge is 2.19. The maximum Gasteiger partial charge on any atom is 0.0930 e. The van der Waals surface area contributed by atoms with Crippen molar-refractivity contribution in [3.05, 3.63) is 30.3 Å². The maximum absolute atomic E-state index is 2.34. The summed E-state index contributed by atoms with van der Waals surface area (Å²) < 4.78 is 0. The summed E-state index contributed by atoms with van der Waals surface area (Å²) in [7, 11) is -0.768. The third-order valence-electron chi connectivity index (χ3n) is 1.53. The summed E-state index contributed by atoms with van der Waals surface area (Å²) in [5.74, 6) is 0. The molecule has 1 aromatic carbocycles. The topological polar surface area (TPSA) is 0 Å². The summed E-state index contributed by atoms with van der Waals surface area (Å²) in [4.78, 5) is 0. The largest absolute Gasteiger partial charge is 1.00 e. The van der Waals surface area contributed by atoms with Crippen LogP contribution in [0.15, 0.2) is 30.3 Å². The summed E-state index contributed by atoms with van der Waals surface area (Å²) in [6.45, 7) is 7.01. The Balaban J connectivity index is 0.000001000. The van der Waals surface area contributed by atoms with Gasteiger partial charge in [-0.1, -0.05) is 18.2 Å². The van der Waals surface area contributed by atoms with Crippen LogP contribution in [0, 0.1) is 0 Å². The van der Waals surface area contributed by atoms with Crippen molar-refractivity contribution in [3.8, 4) is 0 Å². The lowest BCUT2D eigenvalue weighted by Gasteiger charge is -2.10. The monoisotopic (exact) mass is 172 g/mol. The van der Waals surface area contributed by atoms with E-state index < -0.39 is 7.26 Å². The van der Waals surface area contributed by atoms with Gasteiger partial charge in [-0.2, -0.15) is 0 Å². The molecular formula is C9H14FP. The van der Waals surface area contributed by atoms with Gasteiger partial charge in [-0.3, -0.25) is 0 Å². The van der Waals surface area contributed by atoms with Gasteiger partial charge in [-0.15, -0.1) is 0 Å². The first-order valence-corrected chi connectivity index (χ1v) is 6.61. The quantitative estimate of drug-likeness (QED) is 0.488. The average molecular weight is 172 g/mol. The van der Waals surface area contributed by atoms with Gasteiger partial charge in [0.2, 0.25) is 0 Å². The van der Waals surface area contributed by atoms with Gasteiger partial charge in [-0.05, 0) is 12.1 Å². The van der Waals surface area contributed by atoms with Crippen molar-refractivity contribution in [2.75, 3.05) is 20.0 Å². The molecule has 11 heavy (non-hydrogen) atoms. The van der Waals surface area contributed by atoms with E-state index in [2.05, 4.69) is 50.3 Å². The highest BCUT2D eigenvalue weighted by Crippen LogP contribution is 2.44. The summed E-state index contributed by atoms with van der Waals surface area (Å²) in [6, 6.07) is 10.7. The number of rotatable bonds is 1. The molecule has 0 bridgehead atoms. The predicted molar refractivity (Wildman–Crippen MR) is 50.8 cm³/mol. The average Bonchev–Trinajstić information content (AvgIpc) is 1.88. The molecule has 0 aliphatic rings. The van der Waals surface area contributed by atoms with Gasteiger partial charge >= 0.3 is 0 Å². The third-order valence-corrected chi connectivity index (χ3v) is 3.38. The smallest absolute Gasteiger partial charge is 0.0930 e. The van der Waals surface area contributed by atoms with Crippen LogP contribution in [0.25, 0.3) is 0 Å². The van der Waals surface area contributed by atoms with E-state index in [1.54, 1.807) is 0 Å². The number of halogens is 1. The van der Waals surface area contributed by atoms with Crippen LogP contribution in [-0.2, 0) is 0 Å². The molecule has 0 unspecified atom stereocenters. The maximum atomic E-state index is 2.34. The molecule has 0 atom stereocenters. The van der Waals surface area contributed by atoms with E-state index in [-0.39, 0.29) is 4.70 Å². The predicted octanol–water partition coefficient (Wildman–Crippen LogP) is -0.777. The molecule has 0 amide bonds. The van der Waals surface area contributed by atoms with E-state index in [0.717, 1.165) is 0 Å².